The molecular weight excluding hydrogens is 314 g/mol. The lowest BCUT2D eigenvalue weighted by Crippen LogP contribution is -2.27. The zero-order valence-corrected chi connectivity index (χ0v) is 13.9. The number of aromatic nitrogens is 1. The first kappa shape index (κ1) is 14.9. The van der Waals surface area contributed by atoms with E-state index in [4.69, 9.17) is 12.2 Å². The first-order valence-corrected chi connectivity index (χ1v) is 7.97. The number of amides is 1. The molecular formula is C16H15N3OS2. The second kappa shape index (κ2) is 5.98. The lowest BCUT2D eigenvalue weighted by atomic mass is 10.2. The van der Waals surface area contributed by atoms with Crippen LogP contribution in [0.5, 0.6) is 0 Å². The molecule has 1 saturated heterocycles. The normalized spacial score (nSPS) is 16.6. The van der Waals surface area contributed by atoms with Gasteiger partial charge in [-0.2, -0.15) is 0 Å². The van der Waals surface area contributed by atoms with Crippen LogP contribution in [0.1, 0.15) is 5.69 Å². The third kappa shape index (κ3) is 2.80. The number of carbonyl (C=O) groups is 1. The summed E-state index contributed by atoms with van der Waals surface area (Å²) in [6.45, 7) is 0. The topological polar surface area (TPSA) is 39.3 Å². The zero-order chi connectivity index (χ0) is 15.7. The monoisotopic (exact) mass is 329 g/mol. The average Bonchev–Trinajstić information content (AvgIpc) is 3.09. The Hall–Kier alpha value is -2.05. The van der Waals surface area contributed by atoms with Gasteiger partial charge < -0.3 is 9.88 Å². The molecule has 0 unspecified atom stereocenters. The summed E-state index contributed by atoms with van der Waals surface area (Å²) in [6, 6.07) is 11.6. The van der Waals surface area contributed by atoms with Crippen LogP contribution < -0.4 is 9.80 Å². The van der Waals surface area contributed by atoms with E-state index in [1.54, 1.807) is 4.90 Å². The van der Waals surface area contributed by atoms with Crippen molar-refractivity contribution >= 4 is 51.7 Å². The summed E-state index contributed by atoms with van der Waals surface area (Å²) in [7, 11) is 3.96. The van der Waals surface area contributed by atoms with Crippen LogP contribution in [-0.4, -0.2) is 29.3 Å². The van der Waals surface area contributed by atoms with Crippen molar-refractivity contribution in [2.75, 3.05) is 23.9 Å². The molecule has 6 heteroatoms. The summed E-state index contributed by atoms with van der Waals surface area (Å²) in [6.07, 6.45) is 3.65. The van der Waals surface area contributed by atoms with Gasteiger partial charge >= 0.3 is 0 Å². The van der Waals surface area contributed by atoms with Crippen LogP contribution in [0.3, 0.4) is 0 Å². The number of nitrogens with one attached hydrogen (secondary N) is 1. The highest BCUT2D eigenvalue weighted by Crippen LogP contribution is 2.36. The predicted octanol–water partition coefficient (Wildman–Crippen LogP) is 3.49. The summed E-state index contributed by atoms with van der Waals surface area (Å²) in [5, 5.41) is 0. The smallest absolute Gasteiger partial charge is 0.270 e. The summed E-state index contributed by atoms with van der Waals surface area (Å²) < 4.78 is 0.556. The van der Waals surface area contributed by atoms with Crippen LogP contribution in [0, 0.1) is 0 Å². The van der Waals surface area contributed by atoms with Crippen molar-refractivity contribution in [2.24, 2.45) is 0 Å². The average molecular weight is 329 g/mol. The second-order valence-electron chi connectivity index (χ2n) is 5.05. The summed E-state index contributed by atoms with van der Waals surface area (Å²) in [5.74, 6) is -0.0813. The van der Waals surface area contributed by atoms with Crippen molar-refractivity contribution < 1.29 is 4.79 Å². The maximum Gasteiger partial charge on any atom is 0.270 e. The Morgan fingerprint density at radius 3 is 2.55 bits per heavy atom. The number of hydrogen-bond acceptors (Lipinski definition) is 4. The Labute approximate surface area is 138 Å². The molecule has 1 aliphatic heterocycles. The van der Waals surface area contributed by atoms with E-state index in [2.05, 4.69) is 4.98 Å². The Morgan fingerprint density at radius 2 is 1.95 bits per heavy atom. The van der Waals surface area contributed by atoms with Crippen LogP contribution in [0.15, 0.2) is 47.5 Å². The minimum absolute atomic E-state index is 0.0813. The number of thioether (sulfide) groups is 1. The second-order valence-corrected chi connectivity index (χ2v) is 6.73. The molecule has 0 spiro atoms. The fraction of sp³-hybridized carbons (Fsp3) is 0.125. The lowest BCUT2D eigenvalue weighted by Gasteiger charge is -2.17. The summed E-state index contributed by atoms with van der Waals surface area (Å²) in [4.78, 5) is 19.9. The Morgan fingerprint density at radius 1 is 1.23 bits per heavy atom. The van der Waals surface area contributed by atoms with E-state index in [0.717, 1.165) is 17.1 Å². The Bertz CT molecular complexity index is 733. The molecule has 2 heterocycles. The van der Waals surface area contributed by atoms with E-state index in [1.807, 2.05) is 67.7 Å². The summed E-state index contributed by atoms with van der Waals surface area (Å²) in [5.41, 5.74) is 2.77. The number of carbonyl (C=O) groups excluding carboxylic acids is 1. The van der Waals surface area contributed by atoms with Gasteiger partial charge in [-0.15, -0.1) is 0 Å². The lowest BCUT2D eigenvalue weighted by molar-refractivity contribution is -0.113. The number of benzene rings is 1. The van der Waals surface area contributed by atoms with Crippen molar-refractivity contribution in [1.82, 2.24) is 4.98 Å². The van der Waals surface area contributed by atoms with E-state index in [9.17, 15) is 4.79 Å². The fourth-order valence-electron chi connectivity index (χ4n) is 2.17. The van der Waals surface area contributed by atoms with Crippen molar-refractivity contribution in [1.29, 1.82) is 0 Å². The van der Waals surface area contributed by atoms with Crippen molar-refractivity contribution in [3.05, 3.63) is 53.2 Å². The SMILES string of the molecule is CN(C)c1ccc(N2C(=O)/C(=C\c3ccc[nH]3)SC2=S)cc1. The molecule has 2 aromatic rings. The van der Waals surface area contributed by atoms with E-state index < -0.39 is 0 Å². The van der Waals surface area contributed by atoms with Crippen LogP contribution in [-0.2, 0) is 4.79 Å². The van der Waals surface area contributed by atoms with Crippen molar-refractivity contribution in [3.8, 4) is 0 Å². The molecule has 4 nitrogen and oxygen atoms in total. The molecule has 3 rings (SSSR count). The van der Waals surface area contributed by atoms with Crippen LogP contribution in [0.25, 0.3) is 6.08 Å². The van der Waals surface area contributed by atoms with Gasteiger partial charge in [0.15, 0.2) is 4.32 Å². The molecule has 0 aliphatic carbocycles. The number of thiocarbonyl (C=S) groups is 1. The molecule has 1 aromatic carbocycles. The largest absolute Gasteiger partial charge is 0.378 e. The minimum atomic E-state index is -0.0813. The van der Waals surface area contributed by atoms with Gasteiger partial charge in [-0.25, -0.2) is 0 Å². The van der Waals surface area contributed by atoms with Crippen molar-refractivity contribution in [3.63, 3.8) is 0 Å². The van der Waals surface area contributed by atoms with Crippen molar-refractivity contribution in [2.45, 2.75) is 0 Å². The first-order chi connectivity index (χ1) is 10.6. The number of nitrogens with zero attached hydrogens (tertiary/aromatic N) is 2. The molecule has 1 fully saturated rings. The number of H-pyrrole nitrogens is 1. The van der Waals surface area contributed by atoms with Gasteiger partial charge in [0.25, 0.3) is 5.91 Å². The van der Waals surface area contributed by atoms with Gasteiger partial charge in [0.05, 0.1) is 10.6 Å². The van der Waals surface area contributed by atoms with Gasteiger partial charge in [0.2, 0.25) is 0 Å². The molecule has 0 saturated carbocycles. The van der Waals surface area contributed by atoms with E-state index in [1.165, 1.54) is 11.8 Å². The third-order valence-corrected chi connectivity index (χ3v) is 4.63. The molecule has 1 aromatic heterocycles. The predicted molar refractivity (Wildman–Crippen MR) is 97.2 cm³/mol. The van der Waals surface area contributed by atoms with E-state index >= 15 is 0 Å². The quantitative estimate of drug-likeness (QED) is 0.691. The number of rotatable bonds is 3. The van der Waals surface area contributed by atoms with E-state index in [0.29, 0.717) is 9.23 Å². The first-order valence-electron chi connectivity index (χ1n) is 6.75. The Kier molecular flexibility index (Phi) is 4.04. The maximum atomic E-state index is 12.6. The molecule has 1 aliphatic rings. The van der Waals surface area contributed by atoms with Crippen LogP contribution in [0.4, 0.5) is 11.4 Å². The molecule has 0 atom stereocenters. The minimum Gasteiger partial charge on any atom is -0.378 e. The van der Waals surface area contributed by atoms with Gasteiger partial charge in [-0.3, -0.25) is 9.69 Å². The van der Waals surface area contributed by atoms with E-state index in [-0.39, 0.29) is 5.91 Å². The molecule has 1 amide bonds. The summed E-state index contributed by atoms with van der Waals surface area (Å²) >= 11 is 6.69. The number of aromatic amines is 1. The molecule has 112 valence electrons. The Balaban J connectivity index is 1.88. The standard InChI is InChI=1S/C16H15N3OS2/c1-18(2)12-5-7-13(8-6-12)19-15(20)14(22-16(19)21)10-11-4-3-9-17-11/h3-10,17H,1-2H3/b14-10+. The number of anilines is 2. The van der Waals surface area contributed by atoms with Gasteiger partial charge in [-0.05, 0) is 42.5 Å². The van der Waals surface area contributed by atoms with Crippen LogP contribution in [0.2, 0.25) is 0 Å². The highest BCUT2D eigenvalue weighted by molar-refractivity contribution is 8.27. The highest BCUT2D eigenvalue weighted by Gasteiger charge is 2.33. The van der Waals surface area contributed by atoms with Gasteiger partial charge in [0.1, 0.15) is 0 Å². The third-order valence-electron chi connectivity index (χ3n) is 3.33. The van der Waals surface area contributed by atoms with Crippen LogP contribution >= 0.6 is 24.0 Å². The highest BCUT2D eigenvalue weighted by atomic mass is 32.2. The van der Waals surface area contributed by atoms with Gasteiger partial charge in [-0.1, -0.05) is 24.0 Å². The maximum absolute atomic E-state index is 12.6. The molecule has 22 heavy (non-hydrogen) atoms. The zero-order valence-electron chi connectivity index (χ0n) is 12.2. The van der Waals surface area contributed by atoms with Gasteiger partial charge in [0, 0.05) is 31.7 Å². The number of hydrogen-bond donors (Lipinski definition) is 1. The molecule has 1 N–H and O–H groups in total. The molecule has 0 bridgehead atoms. The molecule has 0 radical (unpaired) electrons. The fourth-order valence-corrected chi connectivity index (χ4v) is 3.46.